The van der Waals surface area contributed by atoms with Crippen LogP contribution in [-0.2, 0) is 11.3 Å². The fourth-order valence-corrected chi connectivity index (χ4v) is 3.15. The van der Waals surface area contributed by atoms with Crippen LogP contribution in [0.15, 0.2) is 42.5 Å². The van der Waals surface area contributed by atoms with Gasteiger partial charge in [-0.05, 0) is 47.9 Å². The van der Waals surface area contributed by atoms with Gasteiger partial charge in [0.15, 0.2) is 0 Å². The molecule has 0 aliphatic carbocycles. The molecule has 0 heterocycles. The molecule has 0 atom stereocenters. The topological polar surface area (TPSA) is 52.7 Å². The highest BCUT2D eigenvalue weighted by Gasteiger charge is 2.20. The Balaban J connectivity index is 2.39. The Kier molecular flexibility index (Phi) is 7.76. The van der Waals surface area contributed by atoms with Crippen LogP contribution in [0.25, 0.3) is 0 Å². The molecule has 0 unspecified atom stereocenters. The third-order valence-electron chi connectivity index (χ3n) is 4.47. The molecule has 156 valence electrons. The second-order valence-electron chi connectivity index (χ2n) is 7.73. The van der Waals surface area contributed by atoms with Gasteiger partial charge in [-0.25, -0.2) is 4.39 Å². The number of rotatable bonds is 8. The molecule has 2 aromatic rings. The molecule has 2 amide bonds. The van der Waals surface area contributed by atoms with E-state index >= 15 is 0 Å². The monoisotopic (exact) mass is 399 g/mol. The van der Waals surface area contributed by atoms with Crippen molar-refractivity contribution in [3.05, 3.63) is 59.4 Å². The van der Waals surface area contributed by atoms with Gasteiger partial charge in [0.25, 0.3) is 5.91 Å². The Morgan fingerprint density at radius 3 is 2.41 bits per heavy atom. The van der Waals surface area contributed by atoms with Crippen molar-refractivity contribution in [1.82, 2.24) is 4.90 Å². The van der Waals surface area contributed by atoms with E-state index in [2.05, 4.69) is 5.32 Å². The standard InChI is InChI=1S/C23H30FN3O2/c1-6-22(28)25-20-10-11-21(26(4)5)18(13-20)15-27(14-16(2)3)23(29)17-8-7-9-19(24)12-17/h7-13,16H,6,14-15H2,1-5H3,(H,25,28). The van der Waals surface area contributed by atoms with E-state index in [1.807, 2.05) is 51.0 Å². The third-order valence-corrected chi connectivity index (χ3v) is 4.47. The van der Waals surface area contributed by atoms with E-state index in [4.69, 9.17) is 0 Å². The van der Waals surface area contributed by atoms with Crippen LogP contribution in [0.2, 0.25) is 0 Å². The molecule has 0 radical (unpaired) electrons. The molecular weight excluding hydrogens is 369 g/mol. The van der Waals surface area contributed by atoms with Gasteiger partial charge in [-0.15, -0.1) is 0 Å². The number of nitrogens with one attached hydrogen (secondary N) is 1. The molecule has 0 saturated heterocycles. The number of hydrogen-bond acceptors (Lipinski definition) is 3. The molecule has 2 aromatic carbocycles. The van der Waals surface area contributed by atoms with Gasteiger partial charge < -0.3 is 15.1 Å². The minimum absolute atomic E-state index is 0.0663. The van der Waals surface area contributed by atoms with Crippen LogP contribution in [0.4, 0.5) is 15.8 Å². The van der Waals surface area contributed by atoms with Crippen molar-refractivity contribution in [3.63, 3.8) is 0 Å². The molecule has 2 rings (SSSR count). The van der Waals surface area contributed by atoms with E-state index in [1.165, 1.54) is 12.1 Å². The van der Waals surface area contributed by atoms with Gasteiger partial charge in [0.1, 0.15) is 5.82 Å². The molecule has 0 saturated carbocycles. The molecule has 0 aliphatic heterocycles. The zero-order valence-corrected chi connectivity index (χ0v) is 17.8. The molecule has 0 spiro atoms. The molecule has 0 bridgehead atoms. The van der Waals surface area contributed by atoms with Crippen molar-refractivity contribution in [3.8, 4) is 0 Å². The molecular formula is C23H30FN3O2. The number of nitrogens with zero attached hydrogens (tertiary/aromatic N) is 2. The maximum absolute atomic E-state index is 13.6. The van der Waals surface area contributed by atoms with Crippen LogP contribution in [0.5, 0.6) is 0 Å². The highest BCUT2D eigenvalue weighted by molar-refractivity contribution is 5.94. The number of anilines is 2. The Morgan fingerprint density at radius 2 is 1.83 bits per heavy atom. The lowest BCUT2D eigenvalue weighted by atomic mass is 10.1. The molecule has 0 fully saturated rings. The van der Waals surface area contributed by atoms with Crippen molar-refractivity contribution in [2.45, 2.75) is 33.7 Å². The number of carbonyl (C=O) groups is 2. The summed E-state index contributed by atoms with van der Waals surface area (Å²) in [7, 11) is 3.87. The highest BCUT2D eigenvalue weighted by Crippen LogP contribution is 2.26. The van der Waals surface area contributed by atoms with Gasteiger partial charge >= 0.3 is 0 Å². The molecule has 0 aliphatic rings. The summed E-state index contributed by atoms with van der Waals surface area (Å²) in [6, 6.07) is 11.4. The van der Waals surface area contributed by atoms with Crippen molar-refractivity contribution in [1.29, 1.82) is 0 Å². The molecule has 6 heteroatoms. The summed E-state index contributed by atoms with van der Waals surface area (Å²) in [6.07, 6.45) is 0.391. The maximum atomic E-state index is 13.6. The minimum atomic E-state index is -0.432. The fraction of sp³-hybridized carbons (Fsp3) is 0.391. The van der Waals surface area contributed by atoms with Gasteiger partial charge in [0, 0.05) is 50.5 Å². The second-order valence-corrected chi connectivity index (χ2v) is 7.73. The number of carbonyl (C=O) groups excluding carboxylic acids is 2. The Hall–Kier alpha value is -2.89. The van der Waals surface area contributed by atoms with E-state index < -0.39 is 5.82 Å². The molecule has 1 N–H and O–H groups in total. The Labute approximate surface area is 172 Å². The number of hydrogen-bond donors (Lipinski definition) is 1. The van der Waals surface area contributed by atoms with Crippen LogP contribution in [0.1, 0.15) is 43.1 Å². The summed E-state index contributed by atoms with van der Waals surface area (Å²) < 4.78 is 13.6. The highest BCUT2D eigenvalue weighted by atomic mass is 19.1. The first-order chi connectivity index (χ1) is 13.7. The summed E-state index contributed by atoms with van der Waals surface area (Å²) in [5.74, 6) is -0.466. The number of amides is 2. The second kappa shape index (κ2) is 10.0. The lowest BCUT2D eigenvalue weighted by molar-refractivity contribution is -0.115. The van der Waals surface area contributed by atoms with Gasteiger partial charge in [-0.1, -0.05) is 26.8 Å². The van der Waals surface area contributed by atoms with Gasteiger partial charge in [-0.2, -0.15) is 0 Å². The van der Waals surface area contributed by atoms with E-state index in [1.54, 1.807) is 24.0 Å². The molecule has 0 aromatic heterocycles. The average Bonchev–Trinajstić information content (AvgIpc) is 2.66. The SMILES string of the molecule is CCC(=O)Nc1ccc(N(C)C)c(CN(CC(C)C)C(=O)c2cccc(F)c2)c1. The van der Waals surface area contributed by atoms with Crippen LogP contribution in [-0.4, -0.2) is 37.4 Å². The van der Waals surface area contributed by atoms with Crippen LogP contribution in [0, 0.1) is 11.7 Å². The Bertz CT molecular complexity index is 865. The third kappa shape index (κ3) is 6.31. The van der Waals surface area contributed by atoms with Gasteiger partial charge in [0.2, 0.25) is 5.91 Å². The maximum Gasteiger partial charge on any atom is 0.254 e. The van der Waals surface area contributed by atoms with E-state index in [0.29, 0.717) is 30.8 Å². The lowest BCUT2D eigenvalue weighted by Gasteiger charge is -2.28. The largest absolute Gasteiger partial charge is 0.377 e. The van der Waals surface area contributed by atoms with Crippen molar-refractivity contribution >= 4 is 23.2 Å². The lowest BCUT2D eigenvalue weighted by Crippen LogP contribution is -2.34. The zero-order chi connectivity index (χ0) is 21.6. The van der Waals surface area contributed by atoms with Crippen molar-refractivity contribution in [2.75, 3.05) is 30.9 Å². The van der Waals surface area contributed by atoms with Crippen LogP contribution < -0.4 is 10.2 Å². The van der Waals surface area contributed by atoms with E-state index in [-0.39, 0.29) is 17.7 Å². The van der Waals surface area contributed by atoms with Gasteiger partial charge in [0.05, 0.1) is 0 Å². The normalized spacial score (nSPS) is 10.7. The minimum Gasteiger partial charge on any atom is -0.377 e. The Morgan fingerprint density at radius 1 is 1.10 bits per heavy atom. The van der Waals surface area contributed by atoms with Crippen LogP contribution >= 0.6 is 0 Å². The number of benzene rings is 2. The number of halogens is 1. The summed E-state index contributed by atoms with van der Waals surface area (Å²) in [6.45, 7) is 6.77. The molecule has 5 nitrogen and oxygen atoms in total. The predicted molar refractivity (Wildman–Crippen MR) is 116 cm³/mol. The summed E-state index contributed by atoms with van der Waals surface area (Å²) >= 11 is 0. The van der Waals surface area contributed by atoms with Crippen molar-refractivity contribution in [2.24, 2.45) is 5.92 Å². The van der Waals surface area contributed by atoms with Gasteiger partial charge in [-0.3, -0.25) is 9.59 Å². The first kappa shape index (κ1) is 22.4. The smallest absolute Gasteiger partial charge is 0.254 e. The average molecular weight is 400 g/mol. The summed E-state index contributed by atoms with van der Waals surface area (Å²) in [5, 5.41) is 2.87. The van der Waals surface area contributed by atoms with Crippen molar-refractivity contribution < 1.29 is 14.0 Å². The molecule has 29 heavy (non-hydrogen) atoms. The van der Waals surface area contributed by atoms with E-state index in [9.17, 15) is 14.0 Å². The van der Waals surface area contributed by atoms with E-state index in [0.717, 1.165) is 11.3 Å². The summed E-state index contributed by atoms with van der Waals surface area (Å²) in [5.41, 5.74) is 2.89. The summed E-state index contributed by atoms with van der Waals surface area (Å²) in [4.78, 5) is 28.6. The first-order valence-electron chi connectivity index (χ1n) is 9.86. The fourth-order valence-electron chi connectivity index (χ4n) is 3.15. The predicted octanol–water partition coefficient (Wildman–Crippen LogP) is 4.54. The zero-order valence-electron chi connectivity index (χ0n) is 17.8. The first-order valence-corrected chi connectivity index (χ1v) is 9.86. The van der Waals surface area contributed by atoms with Crippen LogP contribution in [0.3, 0.4) is 0 Å². The quantitative estimate of drug-likeness (QED) is 0.709.